The second-order valence-corrected chi connectivity index (χ2v) is 6.29. The Bertz CT molecular complexity index is 335. The summed E-state index contributed by atoms with van der Waals surface area (Å²) in [7, 11) is 0. The van der Waals surface area contributed by atoms with Crippen molar-refractivity contribution in [2.45, 2.75) is 71.5 Å². The number of ether oxygens (including phenoxy) is 1. The molecular formula is C19H32O2. The first-order valence-corrected chi connectivity index (χ1v) is 8.54. The van der Waals surface area contributed by atoms with Crippen molar-refractivity contribution in [3.63, 3.8) is 0 Å². The van der Waals surface area contributed by atoms with Crippen LogP contribution in [0.5, 0.6) is 0 Å². The molecule has 2 nitrogen and oxygen atoms in total. The van der Waals surface area contributed by atoms with Gasteiger partial charge in [-0.1, -0.05) is 89.1 Å². The van der Waals surface area contributed by atoms with E-state index in [9.17, 15) is 5.11 Å². The molecule has 1 aromatic carbocycles. The zero-order chi connectivity index (χ0) is 15.3. The Hall–Kier alpha value is -0.860. The lowest BCUT2D eigenvalue weighted by Gasteiger charge is -2.12. The molecule has 1 unspecified atom stereocenters. The maximum Gasteiger partial charge on any atom is 0.181 e. The Labute approximate surface area is 130 Å². The van der Waals surface area contributed by atoms with E-state index >= 15 is 0 Å². The Morgan fingerprint density at radius 3 is 2.05 bits per heavy atom. The summed E-state index contributed by atoms with van der Waals surface area (Å²) in [5.41, 5.74) is 0.836. The molecule has 0 aromatic heterocycles. The first-order chi connectivity index (χ1) is 10.2. The van der Waals surface area contributed by atoms with Crippen LogP contribution in [0.2, 0.25) is 0 Å². The lowest BCUT2D eigenvalue weighted by atomic mass is 10.0. The SMILES string of the molecule is CC(C)CCCCCCCCCOC(O)c1ccccc1. The Balaban J connectivity index is 1.89. The van der Waals surface area contributed by atoms with Crippen molar-refractivity contribution in [1.29, 1.82) is 0 Å². The molecule has 0 aliphatic carbocycles. The highest BCUT2D eigenvalue weighted by molar-refractivity contribution is 5.15. The summed E-state index contributed by atoms with van der Waals surface area (Å²) in [6.45, 7) is 5.23. The van der Waals surface area contributed by atoms with Crippen LogP contribution >= 0.6 is 0 Å². The summed E-state index contributed by atoms with van der Waals surface area (Å²) in [6, 6.07) is 9.56. The second kappa shape index (κ2) is 11.8. The minimum absolute atomic E-state index is 0.642. The van der Waals surface area contributed by atoms with E-state index in [1.165, 1.54) is 44.9 Å². The third-order valence-corrected chi connectivity index (χ3v) is 3.79. The first-order valence-electron chi connectivity index (χ1n) is 8.54. The fourth-order valence-corrected chi connectivity index (χ4v) is 2.45. The molecule has 1 aromatic rings. The topological polar surface area (TPSA) is 29.5 Å². The van der Waals surface area contributed by atoms with E-state index in [0.717, 1.165) is 17.9 Å². The molecule has 1 N–H and O–H groups in total. The van der Waals surface area contributed by atoms with Crippen LogP contribution < -0.4 is 0 Å². The normalized spacial score (nSPS) is 12.8. The number of unbranched alkanes of at least 4 members (excludes halogenated alkanes) is 6. The van der Waals surface area contributed by atoms with Gasteiger partial charge in [0.15, 0.2) is 6.29 Å². The molecule has 0 radical (unpaired) electrons. The Kier molecular flexibility index (Phi) is 10.2. The molecule has 0 amide bonds. The molecule has 0 saturated carbocycles. The van der Waals surface area contributed by atoms with Crippen molar-refractivity contribution in [2.24, 2.45) is 5.92 Å². The summed E-state index contributed by atoms with van der Waals surface area (Å²) in [4.78, 5) is 0. The monoisotopic (exact) mass is 292 g/mol. The summed E-state index contributed by atoms with van der Waals surface area (Å²) < 4.78 is 5.46. The fraction of sp³-hybridized carbons (Fsp3) is 0.684. The maximum atomic E-state index is 9.84. The van der Waals surface area contributed by atoms with E-state index in [2.05, 4.69) is 13.8 Å². The fourth-order valence-electron chi connectivity index (χ4n) is 2.45. The van der Waals surface area contributed by atoms with Crippen LogP contribution in [0.4, 0.5) is 0 Å². The van der Waals surface area contributed by atoms with Gasteiger partial charge in [-0.2, -0.15) is 0 Å². The molecule has 0 aliphatic heterocycles. The minimum atomic E-state index is -0.776. The van der Waals surface area contributed by atoms with E-state index in [0.29, 0.717) is 6.61 Å². The molecule has 120 valence electrons. The number of rotatable bonds is 12. The van der Waals surface area contributed by atoms with E-state index < -0.39 is 6.29 Å². The number of aliphatic hydroxyl groups excluding tert-OH is 1. The van der Waals surface area contributed by atoms with Crippen molar-refractivity contribution in [2.75, 3.05) is 6.61 Å². The number of aliphatic hydroxyl groups is 1. The summed E-state index contributed by atoms with van der Waals surface area (Å²) >= 11 is 0. The van der Waals surface area contributed by atoms with Gasteiger partial charge in [0.1, 0.15) is 0 Å². The van der Waals surface area contributed by atoms with E-state index in [1.807, 2.05) is 30.3 Å². The molecule has 1 rings (SSSR count). The van der Waals surface area contributed by atoms with Gasteiger partial charge in [-0.3, -0.25) is 0 Å². The van der Waals surface area contributed by atoms with Gasteiger partial charge >= 0.3 is 0 Å². The lowest BCUT2D eigenvalue weighted by molar-refractivity contribution is -0.103. The molecule has 0 aliphatic rings. The molecule has 0 bridgehead atoms. The number of hydrogen-bond donors (Lipinski definition) is 1. The lowest BCUT2D eigenvalue weighted by Crippen LogP contribution is -2.04. The molecule has 0 heterocycles. The minimum Gasteiger partial charge on any atom is -0.364 e. The van der Waals surface area contributed by atoms with Gasteiger partial charge in [0, 0.05) is 5.56 Å². The highest BCUT2D eigenvalue weighted by Gasteiger charge is 2.05. The summed E-state index contributed by atoms with van der Waals surface area (Å²) in [6.07, 6.45) is 9.56. The third kappa shape index (κ3) is 9.65. The third-order valence-electron chi connectivity index (χ3n) is 3.79. The predicted octanol–water partition coefficient (Wildman–Crippen LogP) is 5.47. The van der Waals surface area contributed by atoms with Crippen LogP contribution in [-0.4, -0.2) is 11.7 Å². The van der Waals surface area contributed by atoms with Gasteiger partial charge in [-0.05, 0) is 12.3 Å². The molecule has 0 saturated heterocycles. The Morgan fingerprint density at radius 2 is 1.43 bits per heavy atom. The summed E-state index contributed by atoms with van der Waals surface area (Å²) in [5.74, 6) is 0.846. The molecule has 1 atom stereocenters. The van der Waals surface area contributed by atoms with Gasteiger partial charge in [-0.15, -0.1) is 0 Å². The van der Waals surface area contributed by atoms with Crippen molar-refractivity contribution >= 4 is 0 Å². The molecule has 0 spiro atoms. The highest BCUT2D eigenvalue weighted by Crippen LogP contribution is 2.15. The van der Waals surface area contributed by atoms with Crippen molar-refractivity contribution in [1.82, 2.24) is 0 Å². The largest absolute Gasteiger partial charge is 0.364 e. The van der Waals surface area contributed by atoms with Gasteiger partial charge in [0.05, 0.1) is 6.61 Å². The van der Waals surface area contributed by atoms with Gasteiger partial charge in [0.2, 0.25) is 0 Å². The quantitative estimate of drug-likeness (QED) is 0.409. The summed E-state index contributed by atoms with van der Waals surface area (Å²) in [5, 5.41) is 9.84. The van der Waals surface area contributed by atoms with Crippen molar-refractivity contribution in [3.8, 4) is 0 Å². The number of hydrogen-bond acceptors (Lipinski definition) is 2. The Morgan fingerprint density at radius 1 is 0.857 bits per heavy atom. The highest BCUT2D eigenvalue weighted by atomic mass is 16.6. The van der Waals surface area contributed by atoms with Gasteiger partial charge in [-0.25, -0.2) is 0 Å². The second-order valence-electron chi connectivity index (χ2n) is 6.29. The van der Waals surface area contributed by atoms with Crippen LogP contribution in [0, 0.1) is 5.92 Å². The maximum absolute atomic E-state index is 9.84. The van der Waals surface area contributed by atoms with Crippen LogP contribution in [0.25, 0.3) is 0 Å². The first kappa shape index (κ1) is 18.2. The van der Waals surface area contributed by atoms with Crippen LogP contribution in [0.3, 0.4) is 0 Å². The zero-order valence-corrected chi connectivity index (χ0v) is 13.8. The smallest absolute Gasteiger partial charge is 0.181 e. The van der Waals surface area contributed by atoms with Gasteiger partial charge < -0.3 is 9.84 Å². The van der Waals surface area contributed by atoms with Crippen molar-refractivity contribution in [3.05, 3.63) is 35.9 Å². The van der Waals surface area contributed by atoms with Crippen LogP contribution in [-0.2, 0) is 4.74 Å². The van der Waals surface area contributed by atoms with Gasteiger partial charge in [0.25, 0.3) is 0 Å². The molecule has 2 heteroatoms. The van der Waals surface area contributed by atoms with Crippen LogP contribution in [0.1, 0.15) is 77.1 Å². The molecule has 0 fully saturated rings. The van der Waals surface area contributed by atoms with E-state index in [4.69, 9.17) is 4.74 Å². The van der Waals surface area contributed by atoms with Crippen LogP contribution in [0.15, 0.2) is 30.3 Å². The number of benzene rings is 1. The van der Waals surface area contributed by atoms with E-state index in [-0.39, 0.29) is 0 Å². The van der Waals surface area contributed by atoms with Crippen molar-refractivity contribution < 1.29 is 9.84 Å². The zero-order valence-electron chi connectivity index (χ0n) is 13.8. The molecule has 21 heavy (non-hydrogen) atoms. The standard InChI is InChI=1S/C19H32O2/c1-17(2)13-9-6-4-3-5-7-12-16-21-19(20)18-14-10-8-11-15-18/h8,10-11,14-15,17,19-20H,3-7,9,12-13,16H2,1-2H3. The predicted molar refractivity (Wildman–Crippen MR) is 89.1 cm³/mol. The van der Waals surface area contributed by atoms with E-state index in [1.54, 1.807) is 0 Å². The molecular weight excluding hydrogens is 260 g/mol. The average Bonchev–Trinajstić information content (AvgIpc) is 2.49. The average molecular weight is 292 g/mol.